The van der Waals surface area contributed by atoms with E-state index in [0.717, 1.165) is 15.6 Å². The fourth-order valence-electron chi connectivity index (χ4n) is 2.39. The molecule has 0 radical (unpaired) electrons. The Morgan fingerprint density at radius 1 is 1.08 bits per heavy atom. The summed E-state index contributed by atoms with van der Waals surface area (Å²) < 4.78 is 12.0. The molecule has 4 rings (SSSR count). The maximum absolute atomic E-state index is 12.2. The molecular weight excluding hydrogens is 322 g/mol. The number of thiophene rings is 1. The minimum atomic E-state index is -0.365. The molecule has 118 valence electrons. The van der Waals surface area contributed by atoms with E-state index in [1.54, 1.807) is 6.20 Å². The number of carbonyl (C=O) groups excluding carboxylic acids is 1. The van der Waals surface area contributed by atoms with Crippen molar-refractivity contribution >= 4 is 27.4 Å². The second-order valence-electron chi connectivity index (χ2n) is 5.21. The largest absolute Gasteiger partial charge is 0.451 e. The Labute approximate surface area is 142 Å². The molecule has 0 spiro atoms. The summed E-state index contributed by atoms with van der Waals surface area (Å²) in [5.41, 5.74) is 0.937. The summed E-state index contributed by atoms with van der Waals surface area (Å²) >= 11 is 1.42. The van der Waals surface area contributed by atoms with Crippen LogP contribution in [0.25, 0.3) is 21.4 Å². The van der Waals surface area contributed by atoms with Gasteiger partial charge >= 0.3 is 5.97 Å². The topological polar surface area (TPSA) is 52.3 Å². The normalized spacial score (nSPS) is 10.8. The van der Waals surface area contributed by atoms with Gasteiger partial charge in [-0.1, -0.05) is 48.5 Å². The van der Waals surface area contributed by atoms with E-state index < -0.39 is 0 Å². The van der Waals surface area contributed by atoms with Crippen LogP contribution in [0.15, 0.2) is 71.3 Å². The summed E-state index contributed by atoms with van der Waals surface area (Å²) in [6.45, 7) is 0.0138. The second-order valence-corrected chi connectivity index (χ2v) is 6.29. The lowest BCUT2D eigenvalue weighted by Crippen LogP contribution is -2.03. The van der Waals surface area contributed by atoms with E-state index in [1.807, 2.05) is 60.7 Å². The summed E-state index contributed by atoms with van der Waals surface area (Å²) in [5.74, 6) is 0.669. The van der Waals surface area contributed by atoms with Crippen molar-refractivity contribution in [1.82, 2.24) is 4.98 Å². The van der Waals surface area contributed by atoms with Crippen LogP contribution in [0.3, 0.4) is 0 Å². The molecule has 4 aromatic rings. The average Bonchev–Trinajstić information content (AvgIpc) is 3.27. The molecule has 5 heteroatoms. The molecule has 2 aromatic carbocycles. The van der Waals surface area contributed by atoms with Gasteiger partial charge in [0.1, 0.15) is 4.88 Å². The molecule has 2 aromatic heterocycles. The first-order chi connectivity index (χ1) is 11.8. The number of hydrogen-bond donors (Lipinski definition) is 0. The first kappa shape index (κ1) is 14.7. The highest BCUT2D eigenvalue weighted by Crippen LogP contribution is 2.26. The zero-order chi connectivity index (χ0) is 16.4. The molecular formula is C19H13NO3S. The smallest absolute Gasteiger partial charge is 0.348 e. The number of aromatic nitrogens is 1. The maximum Gasteiger partial charge on any atom is 0.348 e. The van der Waals surface area contributed by atoms with Crippen molar-refractivity contribution in [2.45, 2.75) is 6.61 Å². The number of carbonyl (C=O) groups is 1. The van der Waals surface area contributed by atoms with E-state index in [-0.39, 0.29) is 12.6 Å². The van der Waals surface area contributed by atoms with E-state index in [4.69, 9.17) is 9.15 Å². The van der Waals surface area contributed by atoms with Crippen molar-refractivity contribution in [3.8, 4) is 11.3 Å². The van der Waals surface area contributed by atoms with Gasteiger partial charge in [0.15, 0.2) is 12.4 Å². The Hall–Kier alpha value is -2.92. The van der Waals surface area contributed by atoms with E-state index in [1.165, 1.54) is 11.3 Å². The van der Waals surface area contributed by atoms with Gasteiger partial charge in [-0.15, -0.1) is 11.3 Å². The highest BCUT2D eigenvalue weighted by atomic mass is 32.1. The van der Waals surface area contributed by atoms with Crippen molar-refractivity contribution in [2.75, 3.05) is 0 Å². The average molecular weight is 335 g/mol. The lowest BCUT2D eigenvalue weighted by atomic mass is 10.2. The summed E-state index contributed by atoms with van der Waals surface area (Å²) in [6, 6.07) is 19.4. The Bertz CT molecular complexity index is 955. The fourth-order valence-corrected chi connectivity index (χ4v) is 3.35. The number of rotatable bonds is 4. The summed E-state index contributed by atoms with van der Waals surface area (Å²) in [4.78, 5) is 16.9. The monoisotopic (exact) mass is 335 g/mol. The van der Waals surface area contributed by atoms with Crippen LogP contribution in [-0.2, 0) is 11.3 Å². The zero-order valence-electron chi connectivity index (χ0n) is 12.6. The minimum Gasteiger partial charge on any atom is -0.451 e. The lowest BCUT2D eigenvalue weighted by molar-refractivity contribution is 0.0445. The number of hydrogen-bond acceptors (Lipinski definition) is 5. The SMILES string of the molecule is O=C(OCc1ncc(-c2ccccc2)o1)c1cc2ccccc2s1. The molecule has 0 aliphatic carbocycles. The predicted octanol–water partition coefficient (Wildman–Crippen LogP) is 4.91. The fraction of sp³-hybridized carbons (Fsp3) is 0.0526. The van der Waals surface area contributed by atoms with Gasteiger partial charge in [0.2, 0.25) is 5.89 Å². The molecule has 0 unspecified atom stereocenters. The second kappa shape index (κ2) is 6.29. The molecule has 24 heavy (non-hydrogen) atoms. The Balaban J connectivity index is 1.45. The third kappa shape index (κ3) is 2.94. The first-order valence-electron chi connectivity index (χ1n) is 7.45. The van der Waals surface area contributed by atoms with Gasteiger partial charge in [0.05, 0.1) is 6.20 Å². The number of ether oxygens (including phenoxy) is 1. The standard InChI is InChI=1S/C19H13NO3S/c21-19(17-10-14-8-4-5-9-16(14)24-17)22-12-18-20-11-15(23-18)13-6-2-1-3-7-13/h1-11H,12H2. The molecule has 4 nitrogen and oxygen atoms in total. The Morgan fingerprint density at radius 3 is 2.71 bits per heavy atom. The Morgan fingerprint density at radius 2 is 1.88 bits per heavy atom. The van der Waals surface area contributed by atoms with Crippen molar-refractivity contribution in [3.63, 3.8) is 0 Å². The van der Waals surface area contributed by atoms with E-state index in [9.17, 15) is 4.79 Å². The molecule has 2 heterocycles. The van der Waals surface area contributed by atoms with Gasteiger partial charge in [-0.3, -0.25) is 0 Å². The highest BCUT2D eigenvalue weighted by Gasteiger charge is 2.13. The third-order valence-corrected chi connectivity index (χ3v) is 4.66. The van der Waals surface area contributed by atoms with Gasteiger partial charge < -0.3 is 9.15 Å². The first-order valence-corrected chi connectivity index (χ1v) is 8.27. The minimum absolute atomic E-state index is 0.0138. The van der Waals surface area contributed by atoms with Crippen LogP contribution < -0.4 is 0 Å². The van der Waals surface area contributed by atoms with Crippen LogP contribution >= 0.6 is 11.3 Å². The molecule has 0 aliphatic rings. The predicted molar refractivity (Wildman–Crippen MR) is 92.9 cm³/mol. The molecule has 0 fully saturated rings. The lowest BCUT2D eigenvalue weighted by Gasteiger charge is -1.99. The maximum atomic E-state index is 12.2. The summed E-state index contributed by atoms with van der Waals surface area (Å²) in [7, 11) is 0. The molecule has 0 N–H and O–H groups in total. The molecule has 0 saturated heterocycles. The number of nitrogens with zero attached hydrogens (tertiary/aromatic N) is 1. The molecule has 0 amide bonds. The Kier molecular flexibility index (Phi) is 3.84. The van der Waals surface area contributed by atoms with Crippen LogP contribution in [0.4, 0.5) is 0 Å². The third-order valence-electron chi connectivity index (χ3n) is 3.57. The van der Waals surface area contributed by atoms with E-state index >= 15 is 0 Å². The van der Waals surface area contributed by atoms with Gasteiger partial charge in [0, 0.05) is 10.3 Å². The molecule has 0 aliphatic heterocycles. The van der Waals surface area contributed by atoms with Crippen molar-refractivity contribution in [2.24, 2.45) is 0 Å². The van der Waals surface area contributed by atoms with Crippen molar-refractivity contribution < 1.29 is 13.9 Å². The number of benzene rings is 2. The summed E-state index contributed by atoms with van der Waals surface area (Å²) in [6.07, 6.45) is 1.64. The van der Waals surface area contributed by atoms with Crippen LogP contribution in [0.5, 0.6) is 0 Å². The number of esters is 1. The van der Waals surface area contributed by atoms with Gasteiger partial charge in [0.25, 0.3) is 0 Å². The highest BCUT2D eigenvalue weighted by molar-refractivity contribution is 7.20. The van der Waals surface area contributed by atoms with Gasteiger partial charge in [-0.25, -0.2) is 9.78 Å². The van der Waals surface area contributed by atoms with Crippen molar-refractivity contribution in [3.05, 3.63) is 77.6 Å². The van der Waals surface area contributed by atoms with Crippen molar-refractivity contribution in [1.29, 1.82) is 0 Å². The van der Waals surface area contributed by atoms with E-state index in [2.05, 4.69) is 4.98 Å². The molecule has 0 atom stereocenters. The quantitative estimate of drug-likeness (QED) is 0.497. The summed E-state index contributed by atoms with van der Waals surface area (Å²) in [5, 5.41) is 1.04. The van der Waals surface area contributed by atoms with Crippen LogP contribution in [-0.4, -0.2) is 11.0 Å². The van der Waals surface area contributed by atoms with Crippen LogP contribution in [0.1, 0.15) is 15.6 Å². The zero-order valence-corrected chi connectivity index (χ0v) is 13.5. The van der Waals surface area contributed by atoms with E-state index in [0.29, 0.717) is 16.5 Å². The van der Waals surface area contributed by atoms with Crippen LogP contribution in [0, 0.1) is 0 Å². The van der Waals surface area contributed by atoms with Gasteiger partial charge in [-0.2, -0.15) is 0 Å². The molecule has 0 bridgehead atoms. The number of fused-ring (bicyclic) bond motifs is 1. The molecule has 0 saturated carbocycles. The van der Waals surface area contributed by atoms with Gasteiger partial charge in [-0.05, 0) is 17.5 Å². The van der Waals surface area contributed by atoms with Crippen LogP contribution in [0.2, 0.25) is 0 Å². The number of oxazole rings is 1.